The van der Waals surface area contributed by atoms with Crippen LogP contribution >= 0.6 is 23.2 Å². The van der Waals surface area contributed by atoms with E-state index in [9.17, 15) is 14.4 Å². The molecule has 0 aliphatic carbocycles. The summed E-state index contributed by atoms with van der Waals surface area (Å²) in [6.45, 7) is 0. The second-order valence-corrected chi connectivity index (χ2v) is 7.28. The molecule has 168 valence electrons. The third-order valence-electron chi connectivity index (χ3n) is 4.18. The molecule has 0 saturated heterocycles. The standard InChI is InChI=1S/C23H17Cl2N3O5/c1-32-20-12-14(6-11-19(20)33-23(31)15-7-9-16(24)10-8-15)13-26-28-22(30)21(29)27-18-5-3-2-4-17(18)25/h2-13H,1H3,(H,27,29)(H,28,30)/b26-13-. The van der Waals surface area contributed by atoms with Crippen LogP contribution in [0.4, 0.5) is 5.69 Å². The van der Waals surface area contributed by atoms with Gasteiger partial charge in [0.15, 0.2) is 11.5 Å². The van der Waals surface area contributed by atoms with Crippen molar-refractivity contribution in [3.8, 4) is 11.5 Å². The minimum atomic E-state index is -0.980. The number of hydrazone groups is 1. The summed E-state index contributed by atoms with van der Waals surface area (Å²) in [5, 5.41) is 6.94. The quantitative estimate of drug-likeness (QED) is 0.178. The molecule has 2 amide bonds. The Labute approximate surface area is 199 Å². The number of rotatable bonds is 6. The molecule has 0 aromatic heterocycles. The van der Waals surface area contributed by atoms with E-state index in [0.29, 0.717) is 26.9 Å². The minimum absolute atomic E-state index is 0.192. The van der Waals surface area contributed by atoms with Gasteiger partial charge in [0.25, 0.3) is 0 Å². The van der Waals surface area contributed by atoms with Gasteiger partial charge in [-0.15, -0.1) is 0 Å². The monoisotopic (exact) mass is 485 g/mol. The molecule has 0 fully saturated rings. The summed E-state index contributed by atoms with van der Waals surface area (Å²) in [5.41, 5.74) is 3.26. The molecule has 33 heavy (non-hydrogen) atoms. The summed E-state index contributed by atoms with van der Waals surface area (Å²) >= 11 is 11.8. The highest BCUT2D eigenvalue weighted by Crippen LogP contribution is 2.28. The highest BCUT2D eigenvalue weighted by molar-refractivity contribution is 6.41. The van der Waals surface area contributed by atoms with Crippen molar-refractivity contribution >= 4 is 52.9 Å². The molecule has 3 aromatic carbocycles. The van der Waals surface area contributed by atoms with E-state index in [4.69, 9.17) is 32.7 Å². The van der Waals surface area contributed by atoms with Crippen LogP contribution in [0, 0.1) is 0 Å². The van der Waals surface area contributed by atoms with Crippen LogP contribution in [0.25, 0.3) is 0 Å². The molecule has 3 rings (SSSR count). The number of methoxy groups -OCH3 is 1. The summed E-state index contributed by atoms with van der Waals surface area (Å²) in [6.07, 6.45) is 1.30. The number of nitrogens with one attached hydrogen (secondary N) is 2. The number of ether oxygens (including phenoxy) is 2. The van der Waals surface area contributed by atoms with Crippen LogP contribution in [0.5, 0.6) is 11.5 Å². The second-order valence-electron chi connectivity index (χ2n) is 6.44. The SMILES string of the molecule is COc1cc(/C=N\NC(=O)C(=O)Nc2ccccc2Cl)ccc1OC(=O)c1ccc(Cl)cc1. The van der Waals surface area contributed by atoms with E-state index in [1.807, 2.05) is 0 Å². The average Bonchev–Trinajstić information content (AvgIpc) is 2.81. The number of hydrogen-bond donors (Lipinski definition) is 2. The van der Waals surface area contributed by atoms with Gasteiger partial charge in [0.1, 0.15) is 0 Å². The van der Waals surface area contributed by atoms with Gasteiger partial charge >= 0.3 is 17.8 Å². The van der Waals surface area contributed by atoms with Gasteiger partial charge < -0.3 is 14.8 Å². The third-order valence-corrected chi connectivity index (χ3v) is 4.76. The van der Waals surface area contributed by atoms with Crippen molar-refractivity contribution in [1.29, 1.82) is 0 Å². The number of nitrogens with zero attached hydrogens (tertiary/aromatic N) is 1. The maximum Gasteiger partial charge on any atom is 0.343 e. The Hall–Kier alpha value is -3.88. The van der Waals surface area contributed by atoms with Gasteiger partial charge in [0.05, 0.1) is 29.6 Å². The van der Waals surface area contributed by atoms with E-state index in [0.717, 1.165) is 0 Å². The van der Waals surface area contributed by atoms with Crippen LogP contribution in [-0.2, 0) is 9.59 Å². The molecule has 0 bridgehead atoms. The van der Waals surface area contributed by atoms with Gasteiger partial charge in [0, 0.05) is 5.02 Å². The van der Waals surface area contributed by atoms with E-state index < -0.39 is 17.8 Å². The zero-order valence-corrected chi connectivity index (χ0v) is 18.7. The van der Waals surface area contributed by atoms with Gasteiger partial charge in [-0.3, -0.25) is 9.59 Å². The van der Waals surface area contributed by atoms with Crippen molar-refractivity contribution in [3.05, 3.63) is 87.9 Å². The predicted octanol–water partition coefficient (Wildman–Crippen LogP) is 4.31. The maximum atomic E-state index is 12.3. The summed E-state index contributed by atoms with van der Waals surface area (Å²) in [6, 6.07) is 17.4. The predicted molar refractivity (Wildman–Crippen MR) is 125 cm³/mol. The topological polar surface area (TPSA) is 106 Å². The number of carbonyl (C=O) groups excluding carboxylic acids is 3. The van der Waals surface area contributed by atoms with Crippen LogP contribution in [-0.4, -0.2) is 31.1 Å². The van der Waals surface area contributed by atoms with Crippen molar-refractivity contribution in [2.24, 2.45) is 5.10 Å². The molecule has 0 atom stereocenters. The zero-order chi connectivity index (χ0) is 23.8. The molecule has 3 aromatic rings. The lowest BCUT2D eigenvalue weighted by molar-refractivity contribution is -0.136. The smallest absolute Gasteiger partial charge is 0.343 e. The van der Waals surface area contributed by atoms with E-state index >= 15 is 0 Å². The van der Waals surface area contributed by atoms with Crippen molar-refractivity contribution in [3.63, 3.8) is 0 Å². The number of hydrogen-bond acceptors (Lipinski definition) is 6. The van der Waals surface area contributed by atoms with E-state index in [1.54, 1.807) is 60.7 Å². The highest BCUT2D eigenvalue weighted by atomic mass is 35.5. The summed E-state index contributed by atoms with van der Waals surface area (Å²) < 4.78 is 10.6. The molecule has 0 aliphatic heterocycles. The average molecular weight is 486 g/mol. The number of benzene rings is 3. The van der Waals surface area contributed by atoms with Crippen LogP contribution in [0.1, 0.15) is 15.9 Å². The van der Waals surface area contributed by atoms with Crippen LogP contribution in [0.3, 0.4) is 0 Å². The highest BCUT2D eigenvalue weighted by Gasteiger charge is 2.15. The number of halogens is 2. The lowest BCUT2D eigenvalue weighted by Gasteiger charge is -2.10. The number of anilines is 1. The first-order valence-corrected chi connectivity index (χ1v) is 10.2. The van der Waals surface area contributed by atoms with Gasteiger partial charge in [-0.05, 0) is 60.2 Å². The lowest BCUT2D eigenvalue weighted by Crippen LogP contribution is -2.32. The van der Waals surface area contributed by atoms with Gasteiger partial charge in [-0.25, -0.2) is 10.2 Å². The first-order valence-electron chi connectivity index (χ1n) is 9.42. The molecule has 0 aliphatic rings. The normalized spacial score (nSPS) is 10.5. The van der Waals surface area contributed by atoms with Crippen molar-refractivity contribution in [2.75, 3.05) is 12.4 Å². The molecule has 0 unspecified atom stereocenters. The Bertz CT molecular complexity index is 1210. The van der Waals surface area contributed by atoms with Crippen LogP contribution in [0.2, 0.25) is 10.0 Å². The van der Waals surface area contributed by atoms with E-state index in [1.165, 1.54) is 19.4 Å². The van der Waals surface area contributed by atoms with Gasteiger partial charge in [0.2, 0.25) is 0 Å². The molecule has 8 nitrogen and oxygen atoms in total. The van der Waals surface area contributed by atoms with E-state index in [-0.39, 0.29) is 11.5 Å². The summed E-state index contributed by atoms with van der Waals surface area (Å²) in [4.78, 5) is 36.2. The second kappa shape index (κ2) is 11.1. The Morgan fingerprint density at radius 3 is 2.33 bits per heavy atom. The molecule has 0 saturated carbocycles. The molecule has 0 spiro atoms. The number of esters is 1. The van der Waals surface area contributed by atoms with Crippen molar-refractivity contribution < 1.29 is 23.9 Å². The largest absolute Gasteiger partial charge is 0.493 e. The molecule has 10 heteroatoms. The fraction of sp³-hybridized carbons (Fsp3) is 0.0435. The number of amides is 2. The zero-order valence-electron chi connectivity index (χ0n) is 17.2. The fourth-order valence-electron chi connectivity index (χ4n) is 2.55. The summed E-state index contributed by atoms with van der Waals surface area (Å²) in [7, 11) is 1.41. The molecular weight excluding hydrogens is 469 g/mol. The Morgan fingerprint density at radius 2 is 1.64 bits per heavy atom. The molecule has 0 radical (unpaired) electrons. The minimum Gasteiger partial charge on any atom is -0.493 e. The number of carbonyl (C=O) groups is 3. The molecule has 2 N–H and O–H groups in total. The summed E-state index contributed by atoms with van der Waals surface area (Å²) in [5.74, 6) is -2.03. The Kier molecular flexibility index (Phi) is 8.01. The molecular formula is C23H17Cl2N3O5. The Morgan fingerprint density at radius 1 is 0.909 bits per heavy atom. The number of para-hydroxylation sites is 1. The van der Waals surface area contributed by atoms with Crippen molar-refractivity contribution in [2.45, 2.75) is 0 Å². The van der Waals surface area contributed by atoms with Crippen LogP contribution < -0.4 is 20.2 Å². The third kappa shape index (κ3) is 6.55. The van der Waals surface area contributed by atoms with Gasteiger partial charge in [-0.2, -0.15) is 5.10 Å². The fourth-order valence-corrected chi connectivity index (χ4v) is 2.86. The first-order chi connectivity index (χ1) is 15.9. The van der Waals surface area contributed by atoms with E-state index in [2.05, 4.69) is 15.8 Å². The Balaban J connectivity index is 1.61. The lowest BCUT2D eigenvalue weighted by atomic mass is 10.2. The van der Waals surface area contributed by atoms with Crippen LogP contribution in [0.15, 0.2) is 71.8 Å². The molecule has 0 heterocycles. The van der Waals surface area contributed by atoms with Gasteiger partial charge in [-0.1, -0.05) is 35.3 Å². The first kappa shape index (κ1) is 23.8. The maximum absolute atomic E-state index is 12.3. The van der Waals surface area contributed by atoms with Crippen molar-refractivity contribution in [1.82, 2.24) is 5.43 Å².